The minimum atomic E-state index is -0.805. The van der Waals surface area contributed by atoms with E-state index in [9.17, 15) is 14.4 Å². The number of urea groups is 1. The van der Waals surface area contributed by atoms with Gasteiger partial charge in [-0.25, -0.2) is 9.69 Å². The van der Waals surface area contributed by atoms with Gasteiger partial charge in [0.05, 0.1) is 11.9 Å². The maximum absolute atomic E-state index is 12.3. The molecule has 0 spiro atoms. The largest absolute Gasteiger partial charge is 0.335 e. The molecular weight excluding hydrogens is 260 g/mol. The molecule has 108 valence electrons. The van der Waals surface area contributed by atoms with Crippen molar-refractivity contribution in [3.8, 4) is 0 Å². The third-order valence-corrected chi connectivity index (χ3v) is 3.22. The van der Waals surface area contributed by atoms with Gasteiger partial charge < -0.3 is 0 Å². The molecule has 1 atom stereocenters. The monoisotopic (exact) mass is 278 g/mol. The van der Waals surface area contributed by atoms with Crippen LogP contribution >= 0.6 is 0 Å². The van der Waals surface area contributed by atoms with E-state index in [1.807, 2.05) is 20.8 Å². The molecule has 2 rings (SSSR count). The first-order valence-electron chi connectivity index (χ1n) is 6.68. The Morgan fingerprint density at radius 1 is 1.35 bits per heavy atom. The number of hydrogen-bond donors (Lipinski definition) is 1. The molecule has 1 N–H and O–H groups in total. The fourth-order valence-corrected chi connectivity index (χ4v) is 2.13. The van der Waals surface area contributed by atoms with Crippen LogP contribution in [-0.4, -0.2) is 27.6 Å². The molecule has 0 bridgehead atoms. The molecule has 1 aliphatic heterocycles. The molecule has 7 heteroatoms. The van der Waals surface area contributed by atoms with Crippen molar-refractivity contribution in [3.63, 3.8) is 0 Å². The lowest BCUT2D eigenvalue weighted by Crippen LogP contribution is -2.58. The summed E-state index contributed by atoms with van der Waals surface area (Å²) in [5.74, 6) is -1.81. The van der Waals surface area contributed by atoms with Crippen LogP contribution in [0.2, 0.25) is 0 Å². The molecule has 0 radical (unpaired) electrons. The van der Waals surface area contributed by atoms with E-state index in [-0.39, 0.29) is 6.04 Å². The number of aromatic nitrogens is 2. The highest BCUT2D eigenvalue weighted by Gasteiger charge is 2.41. The van der Waals surface area contributed by atoms with Crippen LogP contribution in [0.5, 0.6) is 0 Å². The van der Waals surface area contributed by atoms with Crippen molar-refractivity contribution in [2.75, 3.05) is 4.90 Å². The molecule has 1 aliphatic rings. The number of imide groups is 2. The number of nitrogens with one attached hydrogen (secondary N) is 1. The zero-order valence-electron chi connectivity index (χ0n) is 11.8. The molecule has 1 saturated heterocycles. The van der Waals surface area contributed by atoms with Crippen molar-refractivity contribution in [3.05, 3.63) is 12.4 Å². The van der Waals surface area contributed by atoms with Crippen LogP contribution < -0.4 is 10.2 Å². The molecule has 1 unspecified atom stereocenters. The van der Waals surface area contributed by atoms with Gasteiger partial charge in [-0.1, -0.05) is 13.3 Å². The van der Waals surface area contributed by atoms with Crippen LogP contribution in [0.1, 0.15) is 39.7 Å². The quantitative estimate of drug-likeness (QED) is 0.845. The fourth-order valence-electron chi connectivity index (χ4n) is 2.13. The van der Waals surface area contributed by atoms with E-state index >= 15 is 0 Å². The minimum Gasteiger partial charge on any atom is -0.277 e. The average molecular weight is 278 g/mol. The van der Waals surface area contributed by atoms with Crippen LogP contribution in [-0.2, 0) is 9.59 Å². The molecule has 1 fully saturated rings. The van der Waals surface area contributed by atoms with E-state index in [2.05, 4.69) is 10.4 Å². The molecule has 0 saturated carbocycles. The lowest BCUT2D eigenvalue weighted by Gasteiger charge is -2.28. The van der Waals surface area contributed by atoms with E-state index in [1.54, 1.807) is 10.9 Å². The second kappa shape index (κ2) is 5.44. The van der Waals surface area contributed by atoms with Gasteiger partial charge in [-0.3, -0.25) is 19.6 Å². The number of anilines is 1. The molecule has 1 aromatic heterocycles. The first-order chi connectivity index (χ1) is 9.45. The summed E-state index contributed by atoms with van der Waals surface area (Å²) in [4.78, 5) is 36.9. The summed E-state index contributed by atoms with van der Waals surface area (Å²) in [5, 5.41) is 6.33. The van der Waals surface area contributed by atoms with Crippen molar-refractivity contribution in [2.45, 2.75) is 39.7 Å². The first kappa shape index (κ1) is 14.2. The third kappa shape index (κ3) is 2.43. The summed E-state index contributed by atoms with van der Waals surface area (Å²) in [6.45, 7) is 5.77. The Morgan fingerprint density at radius 2 is 2.05 bits per heavy atom. The number of rotatable bonds is 4. The molecule has 0 aromatic carbocycles. The summed E-state index contributed by atoms with van der Waals surface area (Å²) >= 11 is 0. The Bertz CT molecular complexity index is 550. The zero-order valence-corrected chi connectivity index (χ0v) is 11.8. The smallest absolute Gasteiger partial charge is 0.277 e. The van der Waals surface area contributed by atoms with Gasteiger partial charge in [0.15, 0.2) is 0 Å². The predicted molar refractivity (Wildman–Crippen MR) is 72.0 cm³/mol. The Morgan fingerprint density at radius 3 is 2.60 bits per heavy atom. The van der Waals surface area contributed by atoms with E-state index < -0.39 is 23.8 Å². The lowest BCUT2D eigenvalue weighted by molar-refractivity contribution is -0.134. The predicted octanol–water partition coefficient (Wildman–Crippen LogP) is 1.46. The number of barbiturate groups is 1. The van der Waals surface area contributed by atoms with Crippen molar-refractivity contribution in [2.24, 2.45) is 5.92 Å². The highest BCUT2D eigenvalue weighted by Crippen LogP contribution is 2.23. The second-order valence-corrected chi connectivity index (χ2v) is 5.08. The Hall–Kier alpha value is -2.18. The van der Waals surface area contributed by atoms with E-state index in [0.29, 0.717) is 18.5 Å². The molecule has 20 heavy (non-hydrogen) atoms. The first-order valence-corrected chi connectivity index (χ1v) is 6.68. The van der Waals surface area contributed by atoms with Crippen molar-refractivity contribution >= 4 is 23.5 Å². The summed E-state index contributed by atoms with van der Waals surface area (Å²) in [6.07, 6.45) is 4.20. The maximum atomic E-state index is 12.3. The normalized spacial score (nSPS) is 19.7. The molecule has 1 aromatic rings. The topological polar surface area (TPSA) is 84.3 Å². The highest BCUT2D eigenvalue weighted by atomic mass is 16.2. The van der Waals surface area contributed by atoms with Crippen molar-refractivity contribution in [1.82, 2.24) is 15.1 Å². The summed E-state index contributed by atoms with van der Waals surface area (Å²) in [7, 11) is 0. The van der Waals surface area contributed by atoms with Crippen LogP contribution in [0.3, 0.4) is 0 Å². The van der Waals surface area contributed by atoms with Crippen LogP contribution in [0.15, 0.2) is 12.4 Å². The highest BCUT2D eigenvalue weighted by molar-refractivity contribution is 6.27. The average Bonchev–Trinajstić information content (AvgIpc) is 2.83. The third-order valence-electron chi connectivity index (χ3n) is 3.22. The summed E-state index contributed by atoms with van der Waals surface area (Å²) in [6, 6.07) is -0.588. The standard InChI is InChI=1S/C13H18N4O3/c1-4-5-10-11(18)15-13(20)17(12(10)19)9-6-14-16(7-9)8(2)3/h6-8,10H,4-5H2,1-3H3,(H,15,18,20). The van der Waals surface area contributed by atoms with Gasteiger partial charge in [0.25, 0.3) is 0 Å². The Balaban J connectivity index is 2.30. The number of carbonyl (C=O) groups is 3. The summed E-state index contributed by atoms with van der Waals surface area (Å²) in [5.41, 5.74) is 0.384. The van der Waals surface area contributed by atoms with Gasteiger partial charge in [-0.15, -0.1) is 0 Å². The number of amides is 4. The molecule has 2 heterocycles. The molecule has 7 nitrogen and oxygen atoms in total. The van der Waals surface area contributed by atoms with Crippen molar-refractivity contribution in [1.29, 1.82) is 0 Å². The number of hydrogen-bond acceptors (Lipinski definition) is 4. The van der Waals surface area contributed by atoms with Gasteiger partial charge in [-0.05, 0) is 20.3 Å². The van der Waals surface area contributed by atoms with E-state index in [4.69, 9.17) is 0 Å². The Kier molecular flexibility index (Phi) is 3.87. The molecule has 4 amide bonds. The van der Waals surface area contributed by atoms with Gasteiger partial charge in [0, 0.05) is 12.2 Å². The van der Waals surface area contributed by atoms with E-state index in [0.717, 1.165) is 4.90 Å². The van der Waals surface area contributed by atoms with Crippen LogP contribution in [0.25, 0.3) is 0 Å². The van der Waals surface area contributed by atoms with Gasteiger partial charge in [0.2, 0.25) is 11.8 Å². The van der Waals surface area contributed by atoms with Crippen LogP contribution in [0, 0.1) is 5.92 Å². The molecule has 0 aliphatic carbocycles. The SMILES string of the molecule is CCCC1C(=O)NC(=O)N(c2cnn(C(C)C)c2)C1=O. The van der Waals surface area contributed by atoms with Crippen LogP contribution in [0.4, 0.5) is 10.5 Å². The second-order valence-electron chi connectivity index (χ2n) is 5.08. The Labute approximate surface area is 116 Å². The summed E-state index contributed by atoms with van der Waals surface area (Å²) < 4.78 is 1.65. The lowest BCUT2D eigenvalue weighted by atomic mass is 9.99. The molecular formula is C13H18N4O3. The van der Waals surface area contributed by atoms with Gasteiger partial charge in [-0.2, -0.15) is 5.10 Å². The minimum absolute atomic E-state index is 0.125. The maximum Gasteiger partial charge on any atom is 0.335 e. The number of nitrogens with zero attached hydrogens (tertiary/aromatic N) is 3. The fraction of sp³-hybridized carbons (Fsp3) is 0.538. The zero-order chi connectivity index (χ0) is 14.9. The van der Waals surface area contributed by atoms with Gasteiger partial charge in [0.1, 0.15) is 5.92 Å². The van der Waals surface area contributed by atoms with Crippen molar-refractivity contribution < 1.29 is 14.4 Å². The number of carbonyl (C=O) groups excluding carboxylic acids is 3. The van der Waals surface area contributed by atoms with Gasteiger partial charge >= 0.3 is 6.03 Å². The van der Waals surface area contributed by atoms with E-state index in [1.165, 1.54) is 6.20 Å².